The van der Waals surface area contributed by atoms with Crippen molar-refractivity contribution in [1.82, 2.24) is 20.4 Å². The van der Waals surface area contributed by atoms with E-state index in [1.165, 1.54) is 0 Å². The predicted molar refractivity (Wildman–Crippen MR) is 144 cm³/mol. The van der Waals surface area contributed by atoms with Crippen LogP contribution in [-0.2, 0) is 40.0 Å². The molecular formula is C29H36N4O6. The maximum absolute atomic E-state index is 11.8. The quantitative estimate of drug-likeness (QED) is 0.303. The summed E-state index contributed by atoms with van der Waals surface area (Å²) in [6, 6.07) is 15.1. The molecule has 39 heavy (non-hydrogen) atoms. The standard InChI is InChI=1S/C16H20N2O3.C12H12N2O3.CH4/c1-11-17-18-14(20-11)9-12-6-5-7-13(8-12)10-15(19)21-16(2,3)4;1-8-13-14-11(17-8)6-9-3-2-4-10(5-9)7-12(15)16;/h5-8H,9-10H2,1-4H3;2-5H,6-7H2,1H3,(H,15,16);1H4. The van der Waals surface area contributed by atoms with E-state index in [1.807, 2.05) is 63.2 Å². The van der Waals surface area contributed by atoms with E-state index in [4.69, 9.17) is 18.7 Å². The van der Waals surface area contributed by atoms with Crippen LogP contribution < -0.4 is 0 Å². The number of carbonyl (C=O) groups is 2. The number of carboxylic acid groups (broad SMARTS) is 1. The van der Waals surface area contributed by atoms with E-state index in [9.17, 15) is 9.59 Å². The summed E-state index contributed by atoms with van der Waals surface area (Å²) >= 11 is 0. The maximum Gasteiger partial charge on any atom is 0.310 e. The summed E-state index contributed by atoms with van der Waals surface area (Å²) in [4.78, 5) is 22.4. The van der Waals surface area contributed by atoms with Crippen molar-refractivity contribution in [2.45, 2.75) is 73.3 Å². The molecule has 0 atom stereocenters. The Morgan fingerprint density at radius 2 is 1.21 bits per heavy atom. The number of aryl methyl sites for hydroxylation is 2. The van der Waals surface area contributed by atoms with E-state index in [1.54, 1.807) is 19.9 Å². The van der Waals surface area contributed by atoms with Crippen LogP contribution in [0.15, 0.2) is 57.4 Å². The number of rotatable bonds is 8. The number of ether oxygens (including phenoxy) is 1. The third-order valence-electron chi connectivity index (χ3n) is 4.95. The van der Waals surface area contributed by atoms with Crippen LogP contribution in [0.5, 0.6) is 0 Å². The molecule has 0 saturated heterocycles. The summed E-state index contributed by atoms with van der Waals surface area (Å²) in [5.74, 6) is 1.12. The fourth-order valence-electron chi connectivity index (χ4n) is 3.59. The van der Waals surface area contributed by atoms with Gasteiger partial charge < -0.3 is 18.7 Å². The van der Waals surface area contributed by atoms with Crippen molar-refractivity contribution < 1.29 is 28.3 Å². The number of benzene rings is 2. The number of hydrogen-bond acceptors (Lipinski definition) is 9. The highest BCUT2D eigenvalue weighted by Crippen LogP contribution is 2.14. The Labute approximate surface area is 228 Å². The van der Waals surface area contributed by atoms with Crippen LogP contribution in [0.3, 0.4) is 0 Å². The van der Waals surface area contributed by atoms with E-state index >= 15 is 0 Å². The van der Waals surface area contributed by atoms with Gasteiger partial charge in [-0.2, -0.15) is 0 Å². The van der Waals surface area contributed by atoms with Crippen molar-refractivity contribution in [3.63, 3.8) is 0 Å². The van der Waals surface area contributed by atoms with Crippen molar-refractivity contribution in [2.24, 2.45) is 0 Å². The summed E-state index contributed by atoms with van der Waals surface area (Å²) in [5, 5.41) is 24.1. The molecule has 2 aromatic carbocycles. The zero-order chi connectivity index (χ0) is 27.7. The molecule has 0 saturated carbocycles. The van der Waals surface area contributed by atoms with Gasteiger partial charge in [-0.15, -0.1) is 20.4 Å². The van der Waals surface area contributed by atoms with Gasteiger partial charge in [-0.05, 0) is 43.0 Å². The Morgan fingerprint density at radius 3 is 1.59 bits per heavy atom. The Hall–Kier alpha value is -4.34. The molecule has 0 aliphatic rings. The molecular weight excluding hydrogens is 500 g/mol. The largest absolute Gasteiger partial charge is 0.481 e. The van der Waals surface area contributed by atoms with E-state index in [-0.39, 0.29) is 26.2 Å². The van der Waals surface area contributed by atoms with Gasteiger partial charge in [-0.3, -0.25) is 9.59 Å². The fourth-order valence-corrected chi connectivity index (χ4v) is 3.59. The molecule has 0 aliphatic heterocycles. The number of carboxylic acids is 1. The van der Waals surface area contributed by atoms with Gasteiger partial charge in [-0.1, -0.05) is 56.0 Å². The highest BCUT2D eigenvalue weighted by molar-refractivity contribution is 5.73. The first-order valence-corrected chi connectivity index (χ1v) is 12.1. The number of carbonyl (C=O) groups excluding carboxylic acids is 1. The van der Waals surface area contributed by atoms with Gasteiger partial charge in [0.1, 0.15) is 5.60 Å². The van der Waals surface area contributed by atoms with Crippen molar-refractivity contribution >= 4 is 11.9 Å². The number of aliphatic carboxylic acids is 1. The number of aromatic nitrogens is 4. The summed E-state index contributed by atoms with van der Waals surface area (Å²) in [5.41, 5.74) is 3.21. The Morgan fingerprint density at radius 1 is 0.769 bits per heavy atom. The maximum atomic E-state index is 11.8. The lowest BCUT2D eigenvalue weighted by Gasteiger charge is -2.19. The number of hydrogen-bond donors (Lipinski definition) is 1. The lowest BCUT2D eigenvalue weighted by molar-refractivity contribution is -0.154. The highest BCUT2D eigenvalue weighted by atomic mass is 16.6. The average Bonchev–Trinajstić information content (AvgIpc) is 3.40. The molecule has 0 spiro atoms. The van der Waals surface area contributed by atoms with Gasteiger partial charge in [0.15, 0.2) is 0 Å². The zero-order valence-corrected chi connectivity index (χ0v) is 22.2. The minimum atomic E-state index is -0.837. The lowest BCUT2D eigenvalue weighted by atomic mass is 10.1. The van der Waals surface area contributed by atoms with Gasteiger partial charge in [0.2, 0.25) is 23.6 Å². The molecule has 10 nitrogen and oxygen atoms in total. The van der Waals surface area contributed by atoms with E-state index in [0.29, 0.717) is 36.4 Å². The molecule has 4 aromatic rings. The van der Waals surface area contributed by atoms with Crippen LogP contribution in [0.4, 0.5) is 0 Å². The smallest absolute Gasteiger partial charge is 0.310 e. The second-order valence-corrected chi connectivity index (χ2v) is 9.76. The summed E-state index contributed by atoms with van der Waals surface area (Å²) < 4.78 is 16.0. The molecule has 0 aliphatic carbocycles. The zero-order valence-electron chi connectivity index (χ0n) is 22.2. The first-order chi connectivity index (χ1) is 17.9. The van der Waals surface area contributed by atoms with Crippen LogP contribution in [0.2, 0.25) is 0 Å². The molecule has 0 bridgehead atoms. The molecule has 1 N–H and O–H groups in total. The van der Waals surface area contributed by atoms with Gasteiger partial charge in [0.25, 0.3) is 0 Å². The van der Waals surface area contributed by atoms with Gasteiger partial charge in [-0.25, -0.2) is 0 Å². The summed E-state index contributed by atoms with van der Waals surface area (Å²) in [6.45, 7) is 9.07. The minimum Gasteiger partial charge on any atom is -0.481 e. The lowest BCUT2D eigenvalue weighted by Crippen LogP contribution is -2.24. The van der Waals surface area contributed by atoms with Crippen molar-refractivity contribution in [3.05, 3.63) is 94.3 Å². The average molecular weight is 537 g/mol. The van der Waals surface area contributed by atoms with Crippen molar-refractivity contribution in [1.29, 1.82) is 0 Å². The SMILES string of the molecule is C.Cc1nnc(Cc2cccc(CC(=O)O)c2)o1.Cc1nnc(Cc2cccc(CC(=O)OC(C)(C)C)c2)o1. The molecule has 2 aromatic heterocycles. The molecule has 208 valence electrons. The number of nitrogens with zero attached hydrogens (tertiary/aromatic N) is 4. The predicted octanol–water partition coefficient (Wildman–Crippen LogP) is 5.09. The second-order valence-electron chi connectivity index (χ2n) is 9.76. The van der Waals surface area contributed by atoms with Gasteiger partial charge in [0.05, 0.1) is 25.7 Å². The summed E-state index contributed by atoms with van der Waals surface area (Å²) in [7, 11) is 0. The molecule has 10 heteroatoms. The van der Waals surface area contributed by atoms with Crippen LogP contribution >= 0.6 is 0 Å². The summed E-state index contributed by atoms with van der Waals surface area (Å²) in [6.07, 6.45) is 1.36. The third-order valence-corrected chi connectivity index (χ3v) is 4.95. The number of esters is 1. The first kappa shape index (κ1) is 30.9. The Kier molecular flexibility index (Phi) is 11.1. The topological polar surface area (TPSA) is 141 Å². The molecule has 0 amide bonds. The van der Waals surface area contributed by atoms with E-state index < -0.39 is 11.6 Å². The third kappa shape index (κ3) is 11.3. The second kappa shape index (κ2) is 14.0. The van der Waals surface area contributed by atoms with E-state index in [2.05, 4.69) is 20.4 Å². The van der Waals surface area contributed by atoms with Crippen LogP contribution in [0.1, 0.15) is 74.0 Å². The van der Waals surface area contributed by atoms with E-state index in [0.717, 1.165) is 22.3 Å². The molecule has 0 fully saturated rings. The normalized spacial score (nSPS) is 10.7. The van der Waals surface area contributed by atoms with Crippen molar-refractivity contribution in [3.8, 4) is 0 Å². The molecule has 0 unspecified atom stereocenters. The molecule has 0 radical (unpaired) electrons. The van der Waals surface area contributed by atoms with Gasteiger partial charge in [0, 0.05) is 13.8 Å². The fraction of sp³-hybridized carbons (Fsp3) is 0.379. The minimum absolute atomic E-state index is 0. The Balaban J connectivity index is 0.000000272. The van der Waals surface area contributed by atoms with Crippen LogP contribution in [0.25, 0.3) is 0 Å². The van der Waals surface area contributed by atoms with Crippen LogP contribution in [-0.4, -0.2) is 43.0 Å². The Bertz CT molecular complexity index is 1370. The highest BCUT2D eigenvalue weighted by Gasteiger charge is 2.16. The first-order valence-electron chi connectivity index (χ1n) is 12.1. The van der Waals surface area contributed by atoms with Crippen LogP contribution in [0, 0.1) is 13.8 Å². The monoisotopic (exact) mass is 536 g/mol. The molecule has 4 rings (SSSR count). The van der Waals surface area contributed by atoms with Crippen molar-refractivity contribution in [2.75, 3.05) is 0 Å². The van der Waals surface area contributed by atoms with Gasteiger partial charge >= 0.3 is 11.9 Å². The molecule has 2 heterocycles.